The normalized spacial score (nSPS) is 19.5. The summed E-state index contributed by atoms with van der Waals surface area (Å²) >= 11 is 2.96. The molecule has 7 heterocycles. The molecule has 44 heavy (non-hydrogen) atoms. The van der Waals surface area contributed by atoms with E-state index < -0.39 is 11.8 Å². The van der Waals surface area contributed by atoms with Crippen LogP contribution in [-0.4, -0.2) is 88.8 Å². The maximum atomic E-state index is 12.0. The highest BCUT2D eigenvalue weighted by atomic mass is 32.2. The number of hydrogen-bond donors (Lipinski definition) is 3. The monoisotopic (exact) mass is 627 g/mol. The lowest BCUT2D eigenvalue weighted by atomic mass is 9.84. The number of hydrogen-bond acceptors (Lipinski definition) is 11. The lowest BCUT2D eigenvalue weighted by Gasteiger charge is -2.44. The van der Waals surface area contributed by atoms with Gasteiger partial charge < -0.3 is 16.4 Å². The van der Waals surface area contributed by atoms with E-state index in [1.54, 1.807) is 12.3 Å². The van der Waals surface area contributed by atoms with Crippen LogP contribution in [0, 0.1) is 5.92 Å². The zero-order valence-corrected chi connectivity index (χ0v) is 25.7. The average Bonchev–Trinajstić information content (AvgIpc) is 3.68. The molecule has 3 fully saturated rings. The summed E-state index contributed by atoms with van der Waals surface area (Å²) in [6.45, 7) is 3.28. The molecule has 2 amide bonds. The summed E-state index contributed by atoms with van der Waals surface area (Å²) in [4.78, 5) is 43.5. The highest BCUT2D eigenvalue weighted by molar-refractivity contribution is 7.98. The molecule has 0 aliphatic carbocycles. The van der Waals surface area contributed by atoms with E-state index in [1.807, 2.05) is 41.6 Å². The van der Waals surface area contributed by atoms with Gasteiger partial charge in [0.1, 0.15) is 22.2 Å². The molecule has 3 aliphatic rings. The van der Waals surface area contributed by atoms with Crippen LogP contribution in [-0.2, 0) is 0 Å². The van der Waals surface area contributed by atoms with Gasteiger partial charge >= 0.3 is 0 Å². The summed E-state index contributed by atoms with van der Waals surface area (Å²) in [5, 5.41) is 16.1. The van der Waals surface area contributed by atoms with E-state index >= 15 is 0 Å². The molecular weight excluding hydrogens is 599 g/mol. The number of piperidine rings is 3. The van der Waals surface area contributed by atoms with Gasteiger partial charge in [0.25, 0.3) is 11.8 Å². The lowest BCUT2D eigenvalue weighted by Crippen LogP contribution is -2.48. The van der Waals surface area contributed by atoms with E-state index in [4.69, 9.17) is 16.5 Å². The molecule has 5 N–H and O–H groups in total. The number of carbonyl (C=O) groups excluding carboxylic acids is 2. The van der Waals surface area contributed by atoms with Gasteiger partial charge in [-0.1, -0.05) is 35.7 Å². The van der Waals surface area contributed by atoms with Gasteiger partial charge in [0, 0.05) is 40.5 Å². The highest BCUT2D eigenvalue weighted by Crippen LogP contribution is 2.39. The quantitative estimate of drug-likeness (QED) is 0.188. The maximum absolute atomic E-state index is 12.0. The predicted octanol–water partition coefficient (Wildman–Crippen LogP) is 3.39. The molecule has 9 rings (SSSR count). The van der Waals surface area contributed by atoms with Crippen LogP contribution >= 0.6 is 23.5 Å². The number of carbonyl (C=O) groups is 2. The highest BCUT2D eigenvalue weighted by Gasteiger charge is 2.37. The Bertz CT molecular complexity index is 2080. The van der Waals surface area contributed by atoms with E-state index in [0.717, 1.165) is 52.3 Å². The molecule has 2 bridgehead atoms. The Hall–Kier alpha value is -4.34. The number of thioether (sulfide) groups is 2. The molecule has 0 spiro atoms. The summed E-state index contributed by atoms with van der Waals surface area (Å²) in [5.41, 5.74) is 14.7. The van der Waals surface area contributed by atoms with Crippen molar-refractivity contribution < 1.29 is 9.59 Å². The Morgan fingerprint density at radius 2 is 1.50 bits per heavy atom. The molecular formula is C29H29N11O2S2. The summed E-state index contributed by atoms with van der Waals surface area (Å²) in [6, 6.07) is 7.76. The maximum Gasteiger partial charge on any atom is 0.269 e. The summed E-state index contributed by atoms with van der Waals surface area (Å²) in [5.74, 6) is -0.439. The standard InChI is InChI=1S/C18H20N6OS.C11H9N5OS/c1-26-18-20-8-11-2-3-12-15(17(19)25)22-24(16(12)14(11)21-18)13-9-23-6-4-10(13)5-7-23;1-18-11-13-4-5-2-3-6-8(7(5)14-11)15-16-9(6)10(12)17/h2-3,8,10,13H,4-7,9H2,1H3,(H2,19,25);2-4H,1H3,(H2,12,17)(H,15,16). The summed E-state index contributed by atoms with van der Waals surface area (Å²) in [7, 11) is 0. The van der Waals surface area contributed by atoms with Gasteiger partial charge in [-0.3, -0.25) is 19.4 Å². The summed E-state index contributed by atoms with van der Waals surface area (Å²) < 4.78 is 2.03. The van der Waals surface area contributed by atoms with Crippen molar-refractivity contribution in [3.63, 3.8) is 0 Å². The van der Waals surface area contributed by atoms with Crippen molar-refractivity contribution >= 4 is 78.9 Å². The number of benzene rings is 2. The molecule has 2 aromatic carbocycles. The Morgan fingerprint density at radius 1 is 0.864 bits per heavy atom. The molecule has 13 nitrogen and oxygen atoms in total. The number of H-pyrrole nitrogens is 1. The van der Waals surface area contributed by atoms with Crippen molar-refractivity contribution in [1.29, 1.82) is 0 Å². The molecule has 1 unspecified atom stereocenters. The third-order valence-corrected chi connectivity index (χ3v) is 9.55. The zero-order chi connectivity index (χ0) is 30.5. The van der Waals surface area contributed by atoms with E-state index in [2.05, 4.69) is 35.1 Å². The number of aromatic nitrogens is 8. The molecule has 1 atom stereocenters. The number of aromatic amines is 1. The van der Waals surface area contributed by atoms with Crippen LogP contribution in [0.15, 0.2) is 47.0 Å². The van der Waals surface area contributed by atoms with Crippen LogP contribution in [0.4, 0.5) is 0 Å². The van der Waals surface area contributed by atoms with E-state index in [1.165, 1.54) is 36.4 Å². The smallest absolute Gasteiger partial charge is 0.269 e. The third-order valence-electron chi connectivity index (χ3n) is 8.43. The Kier molecular flexibility index (Phi) is 7.30. The second-order valence-electron chi connectivity index (χ2n) is 10.8. The van der Waals surface area contributed by atoms with E-state index in [0.29, 0.717) is 38.5 Å². The van der Waals surface area contributed by atoms with Crippen LogP contribution in [0.5, 0.6) is 0 Å². The van der Waals surface area contributed by atoms with Crippen molar-refractivity contribution in [3.8, 4) is 0 Å². The van der Waals surface area contributed by atoms with Crippen LogP contribution in [0.25, 0.3) is 43.6 Å². The van der Waals surface area contributed by atoms with Gasteiger partial charge in [0.15, 0.2) is 16.0 Å². The molecule has 6 aromatic rings. The van der Waals surface area contributed by atoms with Gasteiger partial charge in [0.05, 0.1) is 11.6 Å². The minimum absolute atomic E-state index is 0.256. The second-order valence-corrected chi connectivity index (χ2v) is 12.4. The number of amides is 2. The average molecular weight is 628 g/mol. The predicted molar refractivity (Wildman–Crippen MR) is 171 cm³/mol. The lowest BCUT2D eigenvalue weighted by molar-refractivity contribution is 0.0532. The zero-order valence-electron chi connectivity index (χ0n) is 24.0. The van der Waals surface area contributed by atoms with E-state index in [9.17, 15) is 9.59 Å². The fraction of sp³-hybridized carbons (Fsp3) is 0.310. The van der Waals surface area contributed by atoms with Gasteiger partial charge in [0.2, 0.25) is 0 Å². The number of rotatable bonds is 5. The number of nitrogens with one attached hydrogen (secondary N) is 1. The molecule has 3 aliphatic heterocycles. The minimum atomic E-state index is -0.531. The van der Waals surface area contributed by atoms with Gasteiger partial charge in [-0.15, -0.1) is 0 Å². The van der Waals surface area contributed by atoms with Crippen molar-refractivity contribution in [2.24, 2.45) is 17.4 Å². The molecule has 15 heteroatoms. The van der Waals surface area contributed by atoms with Crippen LogP contribution < -0.4 is 11.5 Å². The number of nitrogens with two attached hydrogens (primary N) is 2. The minimum Gasteiger partial charge on any atom is -0.364 e. The summed E-state index contributed by atoms with van der Waals surface area (Å²) in [6.07, 6.45) is 9.79. The topological polar surface area (TPSA) is 187 Å². The van der Waals surface area contributed by atoms with Gasteiger partial charge in [-0.2, -0.15) is 10.2 Å². The molecule has 0 radical (unpaired) electrons. The van der Waals surface area contributed by atoms with Gasteiger partial charge in [-0.05, 0) is 56.5 Å². The van der Waals surface area contributed by atoms with Crippen LogP contribution in [0.2, 0.25) is 0 Å². The van der Waals surface area contributed by atoms with Crippen molar-refractivity contribution in [2.75, 3.05) is 32.1 Å². The van der Waals surface area contributed by atoms with Crippen molar-refractivity contribution in [1.82, 2.24) is 44.8 Å². The first-order chi connectivity index (χ1) is 21.4. The molecule has 0 saturated carbocycles. The first-order valence-corrected chi connectivity index (χ1v) is 16.5. The molecule has 3 saturated heterocycles. The van der Waals surface area contributed by atoms with Crippen molar-refractivity contribution in [3.05, 3.63) is 48.0 Å². The third kappa shape index (κ3) is 4.80. The first-order valence-electron chi connectivity index (χ1n) is 14.1. The van der Waals surface area contributed by atoms with E-state index in [-0.39, 0.29) is 6.04 Å². The molecule has 224 valence electrons. The fourth-order valence-corrected chi connectivity index (χ4v) is 6.95. The SMILES string of the molecule is CSc1ncc2ccc3c(C(N)=O)[nH]nc3c2n1.CSc1ncc2ccc3c(C(N)=O)nn(C4CN5CCC4CC5)c3c2n1. The van der Waals surface area contributed by atoms with Gasteiger partial charge in [-0.25, -0.2) is 19.9 Å². The Morgan fingerprint density at radius 3 is 2.09 bits per heavy atom. The second kappa shape index (κ2) is 11.3. The Labute approximate surface area is 259 Å². The Balaban J connectivity index is 0.000000152. The van der Waals surface area contributed by atoms with Crippen molar-refractivity contribution in [2.45, 2.75) is 29.2 Å². The number of primary amides is 2. The first kappa shape index (κ1) is 28.4. The van der Waals surface area contributed by atoms with Crippen LogP contribution in [0.3, 0.4) is 0 Å². The number of fused-ring (bicyclic) bond motifs is 9. The fourth-order valence-electron chi connectivity index (χ4n) is 6.27. The molecule has 4 aromatic heterocycles. The van der Waals surface area contributed by atoms with Crippen LogP contribution in [0.1, 0.15) is 39.9 Å². The number of nitrogens with zero attached hydrogens (tertiary/aromatic N) is 8. The largest absolute Gasteiger partial charge is 0.364 e.